The van der Waals surface area contributed by atoms with Crippen molar-refractivity contribution in [3.63, 3.8) is 0 Å². The molecule has 0 aliphatic carbocycles. The van der Waals surface area contributed by atoms with Crippen molar-refractivity contribution in [1.82, 2.24) is 40.3 Å². The minimum atomic E-state index is -4.69. The van der Waals surface area contributed by atoms with E-state index in [0.717, 1.165) is 76.8 Å². The summed E-state index contributed by atoms with van der Waals surface area (Å²) in [6.07, 6.45) is 0.239. The number of thiophene rings is 1. The number of alkyl halides is 6. The van der Waals surface area contributed by atoms with Crippen molar-refractivity contribution < 1.29 is 74.6 Å². The molecule has 0 fully saturated rings. The minimum absolute atomic E-state index is 0. The predicted molar refractivity (Wildman–Crippen MR) is 213 cm³/mol. The van der Waals surface area contributed by atoms with E-state index in [1.54, 1.807) is 24.5 Å². The molecule has 0 aliphatic heterocycles. The molecule has 1 unspecified atom stereocenters. The van der Waals surface area contributed by atoms with E-state index in [1.807, 2.05) is 66.7 Å². The zero-order valence-electron chi connectivity index (χ0n) is 34.0. The van der Waals surface area contributed by atoms with Gasteiger partial charge in [-0.15, -0.1) is 11.3 Å². The maximum absolute atomic E-state index is 13.1. The Bertz CT molecular complexity index is 2450. The molecule has 0 N–H and O–H groups in total. The number of aromatic nitrogens is 8. The van der Waals surface area contributed by atoms with E-state index in [2.05, 4.69) is 54.2 Å². The summed E-state index contributed by atoms with van der Waals surface area (Å²) in [4.78, 5) is 68.2. The summed E-state index contributed by atoms with van der Waals surface area (Å²) in [6, 6.07) is 26.0. The second-order valence-electron chi connectivity index (χ2n) is 12.8. The van der Waals surface area contributed by atoms with Crippen LogP contribution in [0.5, 0.6) is 0 Å². The fourth-order valence-electron chi connectivity index (χ4n) is 5.67. The van der Waals surface area contributed by atoms with E-state index in [4.69, 9.17) is 28.8 Å². The predicted octanol–water partition coefficient (Wildman–Crippen LogP) is 9.10. The largest absolute Gasteiger partial charge is 2.00 e. The Hall–Kier alpha value is -6.94. The number of carbonyl (C=O) groups excluding carboxylic acids is 6. The topological polar surface area (TPSA) is 208 Å². The SMILES string of the molecule is CCCCC(CC)Cc1ccc(-c2cc(-c3cc(C(F)(F)F)n[n-]3)nc(-c3cc(C(F)(F)F)n[n-]3)c2)s1.O=C=O.O=C=O.O=C=O.[Ru+2].c1ccc(-c2cccc(-c3ccccn3)n2)nc1. The van der Waals surface area contributed by atoms with Crippen molar-refractivity contribution in [2.24, 2.45) is 5.92 Å². The molecule has 7 aromatic rings. The van der Waals surface area contributed by atoms with Gasteiger partial charge in [-0.25, -0.2) is 4.98 Å². The fourth-order valence-corrected chi connectivity index (χ4v) is 6.78. The molecule has 7 heterocycles. The number of rotatable bonds is 11. The Labute approximate surface area is 383 Å². The van der Waals surface area contributed by atoms with Gasteiger partial charge >= 0.3 is 50.3 Å². The normalized spacial score (nSPS) is 10.8. The second kappa shape index (κ2) is 27.3. The number of unbranched alkanes of at least 4 members (excludes halogenated alkanes) is 1. The minimum Gasteiger partial charge on any atom is -0.573 e. The Morgan fingerprint density at radius 1 is 0.600 bits per heavy atom. The van der Waals surface area contributed by atoms with Crippen LogP contribution in [0.25, 0.3) is 56.0 Å². The Balaban J connectivity index is 0.000000429. The van der Waals surface area contributed by atoms with Crippen LogP contribution in [0.1, 0.15) is 55.8 Å². The number of hydrogen-bond donors (Lipinski definition) is 0. The molecule has 0 saturated heterocycles. The molecular formula is C43H34F6N8O6RuS. The van der Waals surface area contributed by atoms with Gasteiger partial charge in [-0.05, 0) is 90.7 Å². The zero-order chi connectivity index (χ0) is 47.1. The third-order valence-corrected chi connectivity index (χ3v) is 9.75. The van der Waals surface area contributed by atoms with Crippen LogP contribution >= 0.6 is 11.3 Å². The molecule has 22 heteroatoms. The van der Waals surface area contributed by atoms with Crippen LogP contribution in [0.15, 0.2) is 103 Å². The average molecular weight is 1010 g/mol. The molecule has 0 bridgehead atoms. The summed E-state index contributed by atoms with van der Waals surface area (Å²) in [5.74, 6) is 0.538. The van der Waals surface area contributed by atoms with Crippen LogP contribution in [0.4, 0.5) is 26.3 Å². The first-order chi connectivity index (χ1) is 30.6. The molecule has 65 heavy (non-hydrogen) atoms. The smallest absolute Gasteiger partial charge is 0.573 e. The summed E-state index contributed by atoms with van der Waals surface area (Å²) < 4.78 is 78.5. The molecule has 1 atom stereocenters. The van der Waals surface area contributed by atoms with E-state index in [1.165, 1.54) is 11.3 Å². The molecule has 0 aliphatic rings. The van der Waals surface area contributed by atoms with E-state index in [-0.39, 0.29) is 60.7 Å². The quantitative estimate of drug-likeness (QED) is 0.0875. The first-order valence-corrected chi connectivity index (χ1v) is 19.5. The van der Waals surface area contributed by atoms with Crippen LogP contribution < -0.4 is 10.2 Å². The van der Waals surface area contributed by atoms with Crippen LogP contribution in [0, 0.1) is 5.92 Å². The van der Waals surface area contributed by atoms with Gasteiger partial charge in [0.05, 0.1) is 34.2 Å². The molecule has 0 amide bonds. The monoisotopic (exact) mass is 1010 g/mol. The van der Waals surface area contributed by atoms with Gasteiger partial charge in [0.1, 0.15) is 11.4 Å². The van der Waals surface area contributed by atoms with Crippen LogP contribution in [-0.4, -0.2) is 48.6 Å². The van der Waals surface area contributed by atoms with Gasteiger partial charge in [-0.2, -0.15) is 55.1 Å². The fraction of sp³-hybridized carbons (Fsp3) is 0.233. The van der Waals surface area contributed by atoms with Gasteiger partial charge in [-0.3, -0.25) is 15.0 Å². The van der Waals surface area contributed by atoms with Gasteiger partial charge in [-0.1, -0.05) is 69.1 Å². The van der Waals surface area contributed by atoms with Crippen LogP contribution in [0.2, 0.25) is 0 Å². The van der Waals surface area contributed by atoms with Crippen molar-refractivity contribution in [2.45, 2.75) is 58.3 Å². The maximum Gasteiger partial charge on any atom is 2.00 e. The molecule has 0 aromatic carbocycles. The van der Waals surface area contributed by atoms with Crippen molar-refractivity contribution in [3.8, 4) is 56.0 Å². The van der Waals surface area contributed by atoms with Crippen LogP contribution in [-0.2, 0) is 67.0 Å². The van der Waals surface area contributed by atoms with E-state index in [0.29, 0.717) is 11.5 Å². The molecule has 14 nitrogen and oxygen atoms in total. The number of hydrogen-bond acceptors (Lipinski definition) is 13. The van der Waals surface area contributed by atoms with Gasteiger partial charge in [0, 0.05) is 22.1 Å². The van der Waals surface area contributed by atoms with Crippen molar-refractivity contribution >= 4 is 29.8 Å². The van der Waals surface area contributed by atoms with E-state index in [9.17, 15) is 26.3 Å². The first kappa shape index (κ1) is 54.2. The summed E-state index contributed by atoms with van der Waals surface area (Å²) in [7, 11) is 0. The molecular weight excluding hydrogens is 972 g/mol. The number of pyridine rings is 4. The van der Waals surface area contributed by atoms with E-state index >= 15 is 0 Å². The number of nitrogens with zero attached hydrogens (tertiary/aromatic N) is 8. The summed E-state index contributed by atoms with van der Waals surface area (Å²) in [5.41, 5.74) is 1.46. The molecule has 338 valence electrons. The Morgan fingerprint density at radius 3 is 1.43 bits per heavy atom. The number of halogens is 6. The third kappa shape index (κ3) is 17.3. The maximum atomic E-state index is 13.1. The van der Waals surface area contributed by atoms with Crippen molar-refractivity contribution in [3.05, 3.63) is 120 Å². The van der Waals surface area contributed by atoms with Gasteiger partial charge in [0.2, 0.25) is 0 Å². The molecule has 7 rings (SSSR count). The standard InChI is InChI=1S/C25H23F6N5S.C15H11N3.3CO2.Ru/c1-3-5-6-14(4-2)9-16-7-8-21(37-16)15-10-17(19-12-22(35-33-19)24(26,27)28)32-18(11-15)20-13-23(36-34-20)25(29,30)31;1-3-10-16-12(6-1)14-8-5-9-15(18-14)13-7-2-4-11-17-13;3*2-1-3;/h7-8,10-14H,3-6,9H2,1-2H3;1-11H;;;;/q-2;;;;;+2. The van der Waals surface area contributed by atoms with Crippen molar-refractivity contribution in [2.75, 3.05) is 0 Å². The van der Waals surface area contributed by atoms with Gasteiger partial charge < -0.3 is 20.4 Å². The van der Waals surface area contributed by atoms with E-state index < -0.39 is 23.7 Å². The van der Waals surface area contributed by atoms with Crippen LogP contribution in [0.3, 0.4) is 0 Å². The Kier molecular flexibility index (Phi) is 22.8. The summed E-state index contributed by atoms with van der Waals surface area (Å²) in [6.45, 7) is 4.31. The average Bonchev–Trinajstić information content (AvgIpc) is 4.10. The third-order valence-electron chi connectivity index (χ3n) is 8.59. The molecule has 0 radical (unpaired) electrons. The summed E-state index contributed by atoms with van der Waals surface area (Å²) in [5, 5.41) is 13.6. The summed E-state index contributed by atoms with van der Waals surface area (Å²) >= 11 is 1.53. The molecule has 7 aromatic heterocycles. The zero-order valence-corrected chi connectivity index (χ0v) is 36.5. The second-order valence-corrected chi connectivity index (χ2v) is 14.0. The van der Waals surface area contributed by atoms with Gasteiger partial charge in [0.25, 0.3) is 0 Å². The first-order valence-electron chi connectivity index (χ1n) is 18.7. The van der Waals surface area contributed by atoms with Crippen molar-refractivity contribution in [1.29, 1.82) is 0 Å². The Morgan fingerprint density at radius 2 is 1.05 bits per heavy atom. The molecule has 0 saturated carbocycles. The van der Waals surface area contributed by atoms with Gasteiger partial charge in [0.15, 0.2) is 0 Å². The molecule has 0 spiro atoms.